The molecule has 5 heteroatoms. The van der Waals surface area contributed by atoms with E-state index in [0.717, 1.165) is 38.5 Å². The van der Waals surface area contributed by atoms with Crippen molar-refractivity contribution in [2.24, 2.45) is 0 Å². The quantitative estimate of drug-likeness (QED) is 0.380. The van der Waals surface area contributed by atoms with E-state index in [0.29, 0.717) is 6.61 Å². The molecule has 150 valence electrons. The third-order valence-electron chi connectivity index (χ3n) is 5.97. The summed E-state index contributed by atoms with van der Waals surface area (Å²) in [4.78, 5) is 0. The van der Waals surface area contributed by atoms with Crippen LogP contribution in [-0.2, 0) is 17.7 Å². The van der Waals surface area contributed by atoms with E-state index in [1.165, 1.54) is 57.8 Å². The Bertz CT molecular complexity index is 349. The molecule has 0 N–H and O–H groups in total. The van der Waals surface area contributed by atoms with Crippen LogP contribution in [0, 0.1) is 0 Å². The summed E-state index contributed by atoms with van der Waals surface area (Å²) in [7, 11) is -3.15. The van der Waals surface area contributed by atoms with E-state index in [1.54, 1.807) is 6.08 Å². The van der Waals surface area contributed by atoms with E-state index in [-0.39, 0.29) is 18.3 Å². The van der Waals surface area contributed by atoms with Gasteiger partial charge in [0, 0.05) is 0 Å². The van der Waals surface area contributed by atoms with Crippen LogP contribution in [0.5, 0.6) is 0 Å². The van der Waals surface area contributed by atoms with Gasteiger partial charge in [-0.05, 0) is 38.5 Å². The summed E-state index contributed by atoms with van der Waals surface area (Å²) in [6.07, 6.45) is 20.5. The van der Waals surface area contributed by atoms with Crippen molar-refractivity contribution in [1.82, 2.24) is 0 Å². The summed E-state index contributed by atoms with van der Waals surface area (Å²) < 4.78 is 26.1. The molecule has 3 aliphatic rings. The smallest absolute Gasteiger partial charge is 0.348 e. The monoisotopic (exact) mass is 382 g/mol. The molecule has 4 nitrogen and oxygen atoms in total. The molecule has 0 amide bonds. The maximum atomic E-state index is 6.61. The Morgan fingerprint density at radius 1 is 0.615 bits per heavy atom. The predicted molar refractivity (Wildman–Crippen MR) is 106 cm³/mol. The molecule has 0 aliphatic heterocycles. The summed E-state index contributed by atoms with van der Waals surface area (Å²) in [5.74, 6) is 0. The molecule has 3 aliphatic carbocycles. The fraction of sp³-hybridized carbons (Fsp3) is 0.905. The highest BCUT2D eigenvalue weighted by Gasteiger charge is 2.51. The molecule has 3 fully saturated rings. The Hall–Kier alpha value is -0.203. The lowest BCUT2D eigenvalue weighted by Gasteiger charge is -2.39. The van der Waals surface area contributed by atoms with Crippen molar-refractivity contribution in [2.45, 2.75) is 115 Å². The van der Waals surface area contributed by atoms with Gasteiger partial charge in [-0.15, -0.1) is 6.58 Å². The lowest BCUT2D eigenvalue weighted by atomic mass is 9.98. The molecule has 0 aromatic heterocycles. The van der Waals surface area contributed by atoms with Crippen molar-refractivity contribution in [1.29, 1.82) is 0 Å². The molecule has 0 radical (unpaired) electrons. The van der Waals surface area contributed by atoms with Crippen LogP contribution in [-0.4, -0.2) is 34.0 Å². The van der Waals surface area contributed by atoms with Crippen molar-refractivity contribution in [3.8, 4) is 0 Å². The molecule has 3 rings (SSSR count). The third kappa shape index (κ3) is 6.45. The summed E-state index contributed by atoms with van der Waals surface area (Å²) in [6, 6.07) is 0. The summed E-state index contributed by atoms with van der Waals surface area (Å²) in [5, 5.41) is 0. The Labute approximate surface area is 161 Å². The summed E-state index contributed by atoms with van der Waals surface area (Å²) in [6.45, 7) is 4.28. The van der Waals surface area contributed by atoms with Gasteiger partial charge in [0.1, 0.15) is 0 Å². The van der Waals surface area contributed by atoms with Gasteiger partial charge in [-0.3, -0.25) is 0 Å². The third-order valence-corrected chi connectivity index (χ3v) is 8.35. The van der Waals surface area contributed by atoms with Crippen molar-refractivity contribution in [3.05, 3.63) is 12.7 Å². The standard InChI is InChI=1S/C21H38O4Si/c1-2-18-22-26(23-19-12-6-3-7-13-19,24-20-14-8-4-9-15-20)25-21-16-10-5-11-17-21/h2,19-21H,1,3-18H2. The molecular formula is C21H38O4Si. The van der Waals surface area contributed by atoms with E-state index >= 15 is 0 Å². The maximum absolute atomic E-state index is 6.61. The fourth-order valence-electron chi connectivity index (χ4n) is 4.51. The van der Waals surface area contributed by atoms with Crippen LogP contribution in [0.3, 0.4) is 0 Å². The minimum Gasteiger partial charge on any atom is -0.348 e. The molecule has 26 heavy (non-hydrogen) atoms. The van der Waals surface area contributed by atoms with Crippen molar-refractivity contribution in [2.75, 3.05) is 6.61 Å². The minimum atomic E-state index is -3.15. The first-order valence-electron chi connectivity index (χ1n) is 11.1. The van der Waals surface area contributed by atoms with E-state index < -0.39 is 9.05 Å². The molecule has 3 saturated carbocycles. The number of hydrogen-bond donors (Lipinski definition) is 0. The van der Waals surface area contributed by atoms with Crippen LogP contribution in [0.15, 0.2) is 12.7 Å². The van der Waals surface area contributed by atoms with Crippen LogP contribution >= 0.6 is 0 Å². The lowest BCUT2D eigenvalue weighted by molar-refractivity contribution is -0.101. The Balaban J connectivity index is 1.71. The molecule has 0 bridgehead atoms. The molecule has 0 saturated heterocycles. The van der Waals surface area contributed by atoms with Gasteiger partial charge in [-0.1, -0.05) is 63.9 Å². The van der Waals surface area contributed by atoms with Gasteiger partial charge in [0.2, 0.25) is 0 Å². The molecule has 0 unspecified atom stereocenters. The maximum Gasteiger partial charge on any atom is 0.680 e. The first-order valence-corrected chi connectivity index (χ1v) is 12.7. The molecular weight excluding hydrogens is 344 g/mol. The second kappa shape index (κ2) is 11.0. The summed E-state index contributed by atoms with van der Waals surface area (Å²) in [5.41, 5.74) is 0. The minimum absolute atomic E-state index is 0.229. The first kappa shape index (κ1) is 20.5. The molecule has 0 atom stereocenters. The Morgan fingerprint density at radius 3 is 1.27 bits per heavy atom. The van der Waals surface area contributed by atoms with Gasteiger partial charge in [0.05, 0.1) is 24.9 Å². The van der Waals surface area contributed by atoms with Crippen LogP contribution in [0.1, 0.15) is 96.3 Å². The molecule has 0 spiro atoms. The van der Waals surface area contributed by atoms with Crippen molar-refractivity contribution in [3.63, 3.8) is 0 Å². The zero-order valence-corrected chi connectivity index (χ0v) is 17.5. The number of hydrogen-bond acceptors (Lipinski definition) is 4. The largest absolute Gasteiger partial charge is 0.680 e. The van der Waals surface area contributed by atoms with Crippen LogP contribution in [0.25, 0.3) is 0 Å². The molecule has 0 aromatic carbocycles. The van der Waals surface area contributed by atoms with Crippen LogP contribution in [0.2, 0.25) is 0 Å². The van der Waals surface area contributed by atoms with Crippen molar-refractivity contribution >= 4 is 9.05 Å². The van der Waals surface area contributed by atoms with E-state index in [4.69, 9.17) is 17.7 Å². The highest BCUT2D eigenvalue weighted by atomic mass is 28.4. The van der Waals surface area contributed by atoms with Crippen molar-refractivity contribution < 1.29 is 17.7 Å². The van der Waals surface area contributed by atoms with Gasteiger partial charge in [-0.25, -0.2) is 0 Å². The van der Waals surface area contributed by atoms with E-state index in [9.17, 15) is 0 Å². The zero-order valence-electron chi connectivity index (χ0n) is 16.5. The van der Waals surface area contributed by atoms with Gasteiger partial charge in [-0.2, -0.15) is 0 Å². The fourth-order valence-corrected chi connectivity index (χ4v) is 7.13. The highest BCUT2D eigenvalue weighted by Crippen LogP contribution is 2.32. The van der Waals surface area contributed by atoms with E-state index in [1.807, 2.05) is 0 Å². The van der Waals surface area contributed by atoms with Crippen LogP contribution < -0.4 is 0 Å². The number of rotatable bonds is 9. The topological polar surface area (TPSA) is 36.9 Å². The lowest BCUT2D eigenvalue weighted by Crippen LogP contribution is -2.56. The Kier molecular flexibility index (Phi) is 8.65. The van der Waals surface area contributed by atoms with Crippen LogP contribution in [0.4, 0.5) is 0 Å². The van der Waals surface area contributed by atoms with Gasteiger partial charge >= 0.3 is 9.05 Å². The predicted octanol–water partition coefficient (Wildman–Crippen LogP) is 5.67. The molecule has 0 aromatic rings. The van der Waals surface area contributed by atoms with Gasteiger partial charge < -0.3 is 17.7 Å². The van der Waals surface area contributed by atoms with Gasteiger partial charge in [0.25, 0.3) is 0 Å². The summed E-state index contributed by atoms with van der Waals surface area (Å²) >= 11 is 0. The average Bonchev–Trinajstić information content (AvgIpc) is 2.69. The molecule has 0 heterocycles. The van der Waals surface area contributed by atoms with E-state index in [2.05, 4.69) is 6.58 Å². The zero-order chi connectivity index (χ0) is 18.1. The van der Waals surface area contributed by atoms with Gasteiger partial charge in [0.15, 0.2) is 0 Å². The Morgan fingerprint density at radius 2 is 0.962 bits per heavy atom. The normalized spacial score (nSPS) is 24.6. The highest BCUT2D eigenvalue weighted by molar-refractivity contribution is 6.53. The second-order valence-corrected chi connectivity index (χ2v) is 10.2. The first-order chi connectivity index (χ1) is 12.8. The second-order valence-electron chi connectivity index (χ2n) is 8.23. The SMILES string of the molecule is C=CCO[Si](OC1CCCCC1)(OC1CCCCC1)OC1CCCCC1. The average molecular weight is 383 g/mol.